The highest BCUT2D eigenvalue weighted by Crippen LogP contribution is 2.42. The largest absolute Gasteiger partial charge is 0.481 e. The smallest absolute Gasteiger partial charge is 0.316 e. The third-order valence-corrected chi connectivity index (χ3v) is 2.34. The highest BCUT2D eigenvalue weighted by Gasteiger charge is 2.48. The van der Waals surface area contributed by atoms with Crippen LogP contribution in [0.5, 0.6) is 0 Å². The Labute approximate surface area is 83.4 Å². The first-order chi connectivity index (χ1) is 5.58. The van der Waals surface area contributed by atoms with E-state index in [1.165, 1.54) is 0 Å². The summed E-state index contributed by atoms with van der Waals surface area (Å²) in [5.41, 5.74) is -0.659. The number of hydrogen-bond donors (Lipinski definition) is 1. The molecule has 1 saturated carbocycles. The highest BCUT2D eigenvalue weighted by molar-refractivity contribution is 14.1. The van der Waals surface area contributed by atoms with Crippen LogP contribution in [0.1, 0.15) is 19.3 Å². The molecule has 0 saturated heterocycles. The normalized spacial score (nSPS) is 18.4. The first-order valence-electron chi connectivity index (χ1n) is 3.58. The molecule has 0 spiro atoms. The number of carbonyl (C=O) groups excluding carboxylic acids is 1. The number of aliphatic carboxylic acids is 1. The van der Waals surface area contributed by atoms with Crippen LogP contribution in [-0.2, 0) is 14.3 Å². The summed E-state index contributed by atoms with van der Waals surface area (Å²) in [6, 6.07) is 0. The molecule has 0 bridgehead atoms. The van der Waals surface area contributed by atoms with Gasteiger partial charge in [0.15, 0.2) is 0 Å². The number of rotatable bonds is 4. The molecule has 0 atom stereocenters. The standard InChI is InChI=1S/C7H9IO4/c8-4-6(11)12-7(1-2-7)3-5(9)10/h1-4H2,(H,9,10). The van der Waals surface area contributed by atoms with E-state index in [1.54, 1.807) is 0 Å². The van der Waals surface area contributed by atoms with Gasteiger partial charge >= 0.3 is 11.9 Å². The number of esters is 1. The van der Waals surface area contributed by atoms with Gasteiger partial charge in [-0.15, -0.1) is 0 Å². The molecule has 0 aromatic carbocycles. The van der Waals surface area contributed by atoms with E-state index in [2.05, 4.69) is 0 Å². The van der Waals surface area contributed by atoms with E-state index in [4.69, 9.17) is 9.84 Å². The van der Waals surface area contributed by atoms with Crippen LogP contribution in [0.25, 0.3) is 0 Å². The van der Waals surface area contributed by atoms with Crippen molar-refractivity contribution >= 4 is 34.5 Å². The third-order valence-electron chi connectivity index (χ3n) is 1.72. The number of alkyl halides is 1. The van der Waals surface area contributed by atoms with Gasteiger partial charge in [-0.25, -0.2) is 0 Å². The minimum atomic E-state index is -0.909. The maximum atomic E-state index is 10.8. The first-order valence-corrected chi connectivity index (χ1v) is 5.10. The molecule has 1 N–H and O–H groups in total. The second-order valence-electron chi connectivity index (χ2n) is 2.86. The number of carboxylic acids is 1. The molecule has 1 aliphatic carbocycles. The van der Waals surface area contributed by atoms with E-state index < -0.39 is 11.6 Å². The fourth-order valence-corrected chi connectivity index (χ4v) is 1.15. The Morgan fingerprint density at radius 2 is 2.08 bits per heavy atom. The van der Waals surface area contributed by atoms with E-state index in [0.717, 1.165) is 0 Å². The molecule has 0 amide bonds. The summed E-state index contributed by atoms with van der Waals surface area (Å²) < 4.78 is 5.26. The summed E-state index contributed by atoms with van der Waals surface area (Å²) in [6.07, 6.45) is 1.30. The molecule has 1 aliphatic rings. The van der Waals surface area contributed by atoms with Gasteiger partial charge in [0.25, 0.3) is 0 Å². The molecule has 1 fully saturated rings. The lowest BCUT2D eigenvalue weighted by Crippen LogP contribution is -2.23. The van der Waals surface area contributed by atoms with Gasteiger partial charge in [0.2, 0.25) is 0 Å². The second kappa shape index (κ2) is 3.59. The molecule has 0 radical (unpaired) electrons. The Hall–Kier alpha value is -0.330. The lowest BCUT2D eigenvalue weighted by molar-refractivity contribution is -0.152. The average molecular weight is 284 g/mol. The summed E-state index contributed by atoms with van der Waals surface area (Å²) in [5.74, 6) is -1.23. The Kier molecular flexibility index (Phi) is 2.92. The Morgan fingerprint density at radius 1 is 1.50 bits per heavy atom. The topological polar surface area (TPSA) is 63.6 Å². The van der Waals surface area contributed by atoms with Crippen LogP contribution in [0.15, 0.2) is 0 Å². The maximum Gasteiger partial charge on any atom is 0.316 e. The SMILES string of the molecule is O=C(O)CC1(OC(=O)CI)CC1. The van der Waals surface area contributed by atoms with Crippen LogP contribution in [0.3, 0.4) is 0 Å². The van der Waals surface area contributed by atoms with Gasteiger partial charge in [-0.2, -0.15) is 0 Å². The fraction of sp³-hybridized carbons (Fsp3) is 0.714. The minimum absolute atomic E-state index is 0.0601. The highest BCUT2D eigenvalue weighted by atomic mass is 127. The number of hydrogen-bond acceptors (Lipinski definition) is 3. The van der Waals surface area contributed by atoms with E-state index in [0.29, 0.717) is 12.8 Å². The predicted molar refractivity (Wildman–Crippen MR) is 49.2 cm³/mol. The van der Waals surface area contributed by atoms with Gasteiger partial charge in [-0.1, -0.05) is 22.6 Å². The van der Waals surface area contributed by atoms with Crippen molar-refractivity contribution in [3.8, 4) is 0 Å². The maximum absolute atomic E-state index is 10.8. The lowest BCUT2D eigenvalue weighted by atomic mass is 10.2. The number of carbonyl (C=O) groups is 2. The second-order valence-corrected chi connectivity index (χ2v) is 3.62. The Bertz CT molecular complexity index is 209. The monoisotopic (exact) mass is 284 g/mol. The summed E-state index contributed by atoms with van der Waals surface area (Å²) in [6.45, 7) is 0. The van der Waals surface area contributed by atoms with Crippen molar-refractivity contribution in [1.82, 2.24) is 0 Å². The van der Waals surface area contributed by atoms with Crippen molar-refractivity contribution in [2.45, 2.75) is 24.9 Å². The number of carboxylic acid groups (broad SMARTS) is 1. The molecule has 68 valence electrons. The van der Waals surface area contributed by atoms with Crippen LogP contribution < -0.4 is 0 Å². The third kappa shape index (κ3) is 2.62. The Balaban J connectivity index is 2.39. The van der Waals surface area contributed by atoms with Gasteiger partial charge < -0.3 is 9.84 Å². The molecule has 0 aromatic rings. The van der Waals surface area contributed by atoms with Gasteiger partial charge in [0.1, 0.15) is 5.60 Å². The van der Waals surface area contributed by atoms with Crippen LogP contribution in [0.4, 0.5) is 0 Å². The van der Waals surface area contributed by atoms with Crippen molar-refractivity contribution in [1.29, 1.82) is 0 Å². The Morgan fingerprint density at radius 3 is 2.42 bits per heavy atom. The molecule has 4 nitrogen and oxygen atoms in total. The number of halogens is 1. The average Bonchev–Trinajstić information content (AvgIpc) is 2.67. The minimum Gasteiger partial charge on any atom is -0.481 e. The van der Waals surface area contributed by atoms with Crippen LogP contribution >= 0.6 is 22.6 Å². The van der Waals surface area contributed by atoms with Crippen molar-refractivity contribution < 1.29 is 19.4 Å². The van der Waals surface area contributed by atoms with Crippen molar-refractivity contribution in [2.24, 2.45) is 0 Å². The van der Waals surface area contributed by atoms with Gasteiger partial charge in [-0.05, 0) is 12.8 Å². The van der Waals surface area contributed by atoms with Gasteiger partial charge in [0.05, 0.1) is 10.8 Å². The van der Waals surface area contributed by atoms with E-state index in [1.807, 2.05) is 22.6 Å². The zero-order valence-electron chi connectivity index (χ0n) is 6.38. The van der Waals surface area contributed by atoms with E-state index in [-0.39, 0.29) is 16.8 Å². The molecule has 1 rings (SSSR count). The fourth-order valence-electron chi connectivity index (χ4n) is 0.999. The quantitative estimate of drug-likeness (QED) is 0.474. The van der Waals surface area contributed by atoms with Gasteiger partial charge in [0, 0.05) is 0 Å². The summed E-state index contributed by atoms with van der Waals surface area (Å²) in [5, 5.41) is 8.48. The molecule has 0 aliphatic heterocycles. The zero-order valence-corrected chi connectivity index (χ0v) is 8.54. The van der Waals surface area contributed by atoms with Crippen molar-refractivity contribution in [3.05, 3.63) is 0 Å². The molecule has 0 aromatic heterocycles. The summed E-state index contributed by atoms with van der Waals surface area (Å²) in [4.78, 5) is 21.2. The molecule has 12 heavy (non-hydrogen) atoms. The summed E-state index contributed by atoms with van der Waals surface area (Å²) in [7, 11) is 0. The van der Waals surface area contributed by atoms with E-state index in [9.17, 15) is 9.59 Å². The zero-order chi connectivity index (χ0) is 9.19. The predicted octanol–water partition coefficient (Wildman–Crippen LogP) is 0.972. The van der Waals surface area contributed by atoms with Crippen LogP contribution in [0.2, 0.25) is 0 Å². The molecular formula is C7H9IO4. The van der Waals surface area contributed by atoms with Crippen molar-refractivity contribution in [3.63, 3.8) is 0 Å². The molecule has 5 heteroatoms. The number of ether oxygens (including phenoxy) is 1. The van der Waals surface area contributed by atoms with Crippen LogP contribution in [-0.4, -0.2) is 27.1 Å². The molecule has 0 heterocycles. The van der Waals surface area contributed by atoms with E-state index >= 15 is 0 Å². The summed E-state index contributed by atoms with van der Waals surface area (Å²) >= 11 is 1.89. The van der Waals surface area contributed by atoms with Crippen molar-refractivity contribution in [2.75, 3.05) is 4.43 Å². The first kappa shape index (κ1) is 9.76. The van der Waals surface area contributed by atoms with Crippen LogP contribution in [0, 0.1) is 0 Å². The van der Waals surface area contributed by atoms with Gasteiger partial charge in [-0.3, -0.25) is 9.59 Å². The lowest BCUT2D eigenvalue weighted by Gasteiger charge is -2.12. The molecular weight excluding hydrogens is 275 g/mol. The molecule has 0 unspecified atom stereocenters.